The van der Waals surface area contributed by atoms with E-state index in [1.54, 1.807) is 6.20 Å². The first-order valence-corrected chi connectivity index (χ1v) is 7.36. The van der Waals surface area contributed by atoms with Gasteiger partial charge in [0.25, 0.3) is 0 Å². The topological polar surface area (TPSA) is 39.1 Å². The van der Waals surface area contributed by atoms with E-state index in [-0.39, 0.29) is 0 Å². The summed E-state index contributed by atoms with van der Waals surface area (Å²) in [5.74, 6) is 2.54. The highest BCUT2D eigenvalue weighted by Crippen LogP contribution is 2.37. The predicted octanol–water partition coefficient (Wildman–Crippen LogP) is 2.25. The molecule has 104 valence electrons. The lowest BCUT2D eigenvalue weighted by molar-refractivity contribution is 0.198. The van der Waals surface area contributed by atoms with Crippen LogP contribution in [0.1, 0.15) is 12.8 Å². The van der Waals surface area contributed by atoms with E-state index in [1.807, 2.05) is 35.1 Å². The fourth-order valence-corrected chi connectivity index (χ4v) is 3.54. The molecule has 2 aliphatic rings. The highest BCUT2D eigenvalue weighted by molar-refractivity contribution is 5.45. The number of nitrogens with zero attached hydrogens (tertiary/aromatic N) is 2. The fraction of sp³-hybridized carbons (Fsp3) is 0.438. The molecule has 4 nitrogen and oxygen atoms in total. The zero-order valence-electron chi connectivity index (χ0n) is 11.4. The third-order valence-electron chi connectivity index (χ3n) is 4.52. The molecule has 0 spiro atoms. The van der Waals surface area contributed by atoms with Crippen molar-refractivity contribution < 1.29 is 4.74 Å². The Morgan fingerprint density at radius 1 is 1.10 bits per heavy atom. The smallest absolute Gasteiger partial charge is 0.145 e. The summed E-state index contributed by atoms with van der Waals surface area (Å²) in [7, 11) is 0. The standard InChI is InChI=1S/C16H19N3O/c1-2-5-16(15(4-1)19-7-3-6-18-19)20-14-8-12-10-17-11-13(12)9-14/h1-7,12-14,17H,8-11H2/t12-,13+,14?. The van der Waals surface area contributed by atoms with Crippen LogP contribution in [0, 0.1) is 11.8 Å². The molecule has 1 aromatic carbocycles. The van der Waals surface area contributed by atoms with Gasteiger partial charge < -0.3 is 10.1 Å². The number of ether oxygens (including phenoxy) is 1. The molecule has 0 bridgehead atoms. The summed E-state index contributed by atoms with van der Waals surface area (Å²) in [5.41, 5.74) is 1.02. The van der Waals surface area contributed by atoms with Crippen molar-refractivity contribution in [1.29, 1.82) is 0 Å². The van der Waals surface area contributed by atoms with Crippen molar-refractivity contribution in [3.05, 3.63) is 42.7 Å². The third-order valence-corrected chi connectivity index (χ3v) is 4.52. The van der Waals surface area contributed by atoms with Gasteiger partial charge in [0, 0.05) is 12.4 Å². The molecule has 20 heavy (non-hydrogen) atoms. The van der Waals surface area contributed by atoms with Crippen molar-refractivity contribution >= 4 is 0 Å². The van der Waals surface area contributed by atoms with Crippen molar-refractivity contribution in [1.82, 2.24) is 15.1 Å². The molecule has 4 rings (SSSR count). The first-order chi connectivity index (χ1) is 9.90. The van der Waals surface area contributed by atoms with E-state index < -0.39 is 0 Å². The van der Waals surface area contributed by atoms with Gasteiger partial charge in [-0.3, -0.25) is 0 Å². The van der Waals surface area contributed by atoms with Gasteiger partial charge in [-0.25, -0.2) is 4.68 Å². The van der Waals surface area contributed by atoms with Crippen LogP contribution in [-0.4, -0.2) is 29.0 Å². The number of hydrogen-bond acceptors (Lipinski definition) is 3. The number of aromatic nitrogens is 2. The molecule has 1 aliphatic heterocycles. The Morgan fingerprint density at radius 2 is 1.90 bits per heavy atom. The minimum Gasteiger partial charge on any atom is -0.488 e. The predicted molar refractivity (Wildman–Crippen MR) is 77.1 cm³/mol. The van der Waals surface area contributed by atoms with Crippen LogP contribution in [0.5, 0.6) is 5.75 Å². The SMILES string of the molecule is c1ccc(-n2cccn2)c(OC2C[C@H]3CNC[C@H]3C2)c1. The van der Waals surface area contributed by atoms with Crippen molar-refractivity contribution in [3.63, 3.8) is 0 Å². The van der Waals surface area contributed by atoms with Crippen molar-refractivity contribution in [2.75, 3.05) is 13.1 Å². The second kappa shape index (κ2) is 4.94. The van der Waals surface area contributed by atoms with Crippen LogP contribution < -0.4 is 10.1 Å². The van der Waals surface area contributed by atoms with Crippen molar-refractivity contribution in [2.24, 2.45) is 11.8 Å². The lowest BCUT2D eigenvalue weighted by atomic mass is 10.0. The van der Waals surface area contributed by atoms with Crippen molar-refractivity contribution in [3.8, 4) is 11.4 Å². The average Bonchev–Trinajstić information content (AvgIpc) is 3.15. The van der Waals surface area contributed by atoms with E-state index in [0.717, 1.165) is 36.4 Å². The summed E-state index contributed by atoms with van der Waals surface area (Å²) in [6.45, 7) is 2.32. The monoisotopic (exact) mass is 269 g/mol. The van der Waals surface area contributed by atoms with E-state index >= 15 is 0 Å². The number of rotatable bonds is 3. The summed E-state index contributed by atoms with van der Waals surface area (Å²) >= 11 is 0. The second-order valence-corrected chi connectivity index (χ2v) is 5.81. The molecule has 3 atom stereocenters. The summed E-state index contributed by atoms with van der Waals surface area (Å²) in [6, 6.07) is 10.1. The van der Waals surface area contributed by atoms with Gasteiger partial charge in [-0.05, 0) is 56.0 Å². The summed E-state index contributed by atoms with van der Waals surface area (Å²) in [4.78, 5) is 0. The molecule has 1 saturated heterocycles. The normalized spacial score (nSPS) is 28.5. The van der Waals surface area contributed by atoms with Gasteiger partial charge in [-0.1, -0.05) is 12.1 Å². The first-order valence-electron chi connectivity index (χ1n) is 7.36. The van der Waals surface area contributed by atoms with Gasteiger partial charge in [0.05, 0.1) is 6.10 Å². The molecule has 1 aromatic heterocycles. The molecule has 1 saturated carbocycles. The van der Waals surface area contributed by atoms with Gasteiger partial charge in [-0.15, -0.1) is 0 Å². The average molecular weight is 269 g/mol. The Labute approximate surface area is 118 Å². The second-order valence-electron chi connectivity index (χ2n) is 5.81. The Morgan fingerprint density at radius 3 is 2.65 bits per heavy atom. The number of para-hydroxylation sites is 2. The highest BCUT2D eigenvalue weighted by Gasteiger charge is 2.38. The maximum atomic E-state index is 6.28. The summed E-state index contributed by atoms with van der Waals surface area (Å²) in [5, 5.41) is 7.78. The summed E-state index contributed by atoms with van der Waals surface area (Å²) < 4.78 is 8.15. The minimum atomic E-state index is 0.351. The number of benzene rings is 1. The van der Waals surface area contributed by atoms with Crippen LogP contribution in [0.15, 0.2) is 42.7 Å². The van der Waals surface area contributed by atoms with E-state index in [1.165, 1.54) is 12.8 Å². The number of nitrogens with one attached hydrogen (secondary N) is 1. The van der Waals surface area contributed by atoms with Crippen LogP contribution in [-0.2, 0) is 0 Å². The van der Waals surface area contributed by atoms with Crippen LogP contribution in [0.25, 0.3) is 5.69 Å². The molecule has 2 heterocycles. The van der Waals surface area contributed by atoms with Crippen LogP contribution in [0.2, 0.25) is 0 Å². The zero-order valence-corrected chi connectivity index (χ0v) is 11.4. The lowest BCUT2D eigenvalue weighted by Crippen LogP contribution is -2.19. The Hall–Kier alpha value is -1.81. The van der Waals surface area contributed by atoms with Gasteiger partial charge in [-0.2, -0.15) is 5.10 Å². The molecular weight excluding hydrogens is 250 g/mol. The first kappa shape index (κ1) is 12.0. The van der Waals surface area contributed by atoms with E-state index in [2.05, 4.69) is 16.5 Å². The van der Waals surface area contributed by atoms with Gasteiger partial charge in [0.15, 0.2) is 0 Å². The molecule has 0 radical (unpaired) electrons. The lowest BCUT2D eigenvalue weighted by Gasteiger charge is -2.17. The van der Waals surface area contributed by atoms with Gasteiger partial charge in [0.2, 0.25) is 0 Å². The Kier molecular flexibility index (Phi) is 2.96. The Bertz CT molecular complexity index is 569. The minimum absolute atomic E-state index is 0.351. The Balaban J connectivity index is 1.55. The van der Waals surface area contributed by atoms with Gasteiger partial charge >= 0.3 is 0 Å². The zero-order chi connectivity index (χ0) is 13.4. The molecule has 1 unspecified atom stereocenters. The maximum Gasteiger partial charge on any atom is 0.145 e. The molecule has 2 fully saturated rings. The largest absolute Gasteiger partial charge is 0.488 e. The molecule has 4 heteroatoms. The van der Waals surface area contributed by atoms with Gasteiger partial charge in [0.1, 0.15) is 11.4 Å². The van der Waals surface area contributed by atoms with E-state index in [0.29, 0.717) is 6.10 Å². The van der Waals surface area contributed by atoms with Crippen LogP contribution in [0.3, 0.4) is 0 Å². The van der Waals surface area contributed by atoms with E-state index in [9.17, 15) is 0 Å². The maximum absolute atomic E-state index is 6.28. The molecular formula is C16H19N3O. The molecule has 2 aromatic rings. The van der Waals surface area contributed by atoms with Crippen LogP contribution in [0.4, 0.5) is 0 Å². The van der Waals surface area contributed by atoms with Crippen molar-refractivity contribution in [2.45, 2.75) is 18.9 Å². The highest BCUT2D eigenvalue weighted by atomic mass is 16.5. The van der Waals surface area contributed by atoms with Crippen LogP contribution >= 0.6 is 0 Å². The number of hydrogen-bond donors (Lipinski definition) is 1. The van der Waals surface area contributed by atoms with E-state index in [4.69, 9.17) is 4.74 Å². The fourth-order valence-electron chi connectivity index (χ4n) is 3.54. The summed E-state index contributed by atoms with van der Waals surface area (Å²) in [6.07, 6.45) is 6.44. The molecule has 0 amide bonds. The molecule has 1 aliphatic carbocycles. The molecule has 1 N–H and O–H groups in total. The third kappa shape index (κ3) is 2.10. The quantitative estimate of drug-likeness (QED) is 0.929. The number of fused-ring (bicyclic) bond motifs is 1.